The fraction of sp³-hybridized carbons (Fsp3) is 0.611. The lowest BCUT2D eigenvalue weighted by Gasteiger charge is -2.41. The minimum atomic E-state index is -3.41. The Morgan fingerprint density at radius 2 is 2.04 bits per heavy atom. The van der Waals surface area contributed by atoms with Gasteiger partial charge in [0.2, 0.25) is 0 Å². The third-order valence-electron chi connectivity index (χ3n) is 4.36. The van der Waals surface area contributed by atoms with Crippen molar-refractivity contribution in [3.05, 3.63) is 34.1 Å². The number of benzene rings is 1. The molecule has 26 heavy (non-hydrogen) atoms. The molecule has 8 heteroatoms. The van der Waals surface area contributed by atoms with Crippen molar-refractivity contribution in [2.45, 2.75) is 56.9 Å². The Bertz CT molecular complexity index is 776. The highest BCUT2D eigenvalue weighted by Crippen LogP contribution is 2.29. The van der Waals surface area contributed by atoms with Crippen molar-refractivity contribution in [2.75, 3.05) is 12.8 Å². The number of amides is 1. The van der Waals surface area contributed by atoms with Crippen molar-refractivity contribution in [1.82, 2.24) is 4.90 Å². The summed E-state index contributed by atoms with van der Waals surface area (Å²) in [6.07, 6.45) is 1.72. The highest BCUT2D eigenvalue weighted by molar-refractivity contribution is 9.10. The molecular formula is C18H25BrFNO4S. The van der Waals surface area contributed by atoms with Crippen LogP contribution in [0, 0.1) is 5.82 Å². The molecule has 146 valence electrons. The van der Waals surface area contributed by atoms with E-state index in [1.54, 1.807) is 39.0 Å². The van der Waals surface area contributed by atoms with Crippen LogP contribution in [0.1, 0.15) is 39.2 Å². The molecule has 1 aliphatic heterocycles. The van der Waals surface area contributed by atoms with E-state index in [1.807, 2.05) is 0 Å². The zero-order chi connectivity index (χ0) is 19.7. The zero-order valence-corrected chi connectivity index (χ0v) is 17.9. The second-order valence-corrected chi connectivity index (χ2v) is 10.8. The van der Waals surface area contributed by atoms with Gasteiger partial charge in [-0.3, -0.25) is 0 Å². The summed E-state index contributed by atoms with van der Waals surface area (Å²) < 4.78 is 44.8. The normalized spacial score (nSPS) is 21.5. The van der Waals surface area contributed by atoms with Crippen LogP contribution in [0.25, 0.3) is 0 Å². The van der Waals surface area contributed by atoms with Crippen molar-refractivity contribution in [2.24, 2.45) is 0 Å². The number of sulfone groups is 1. The van der Waals surface area contributed by atoms with Gasteiger partial charge in [0.15, 0.2) is 9.84 Å². The summed E-state index contributed by atoms with van der Waals surface area (Å²) in [5, 5.41) is -0.748. The zero-order valence-electron chi connectivity index (χ0n) is 15.5. The van der Waals surface area contributed by atoms with Gasteiger partial charge >= 0.3 is 6.09 Å². The van der Waals surface area contributed by atoms with Crippen LogP contribution in [-0.2, 0) is 21.0 Å². The van der Waals surface area contributed by atoms with Gasteiger partial charge < -0.3 is 9.64 Å². The largest absolute Gasteiger partial charge is 0.444 e. The number of rotatable bonds is 3. The first kappa shape index (κ1) is 21.2. The maximum atomic E-state index is 14.4. The lowest BCUT2D eigenvalue weighted by atomic mass is 9.95. The first-order valence-corrected chi connectivity index (χ1v) is 11.3. The van der Waals surface area contributed by atoms with Gasteiger partial charge in [-0.15, -0.1) is 0 Å². The molecule has 0 aliphatic carbocycles. The van der Waals surface area contributed by atoms with E-state index < -0.39 is 38.6 Å². The lowest BCUT2D eigenvalue weighted by molar-refractivity contribution is 0.0105. The van der Waals surface area contributed by atoms with E-state index in [2.05, 4.69) is 15.9 Å². The Kier molecular flexibility index (Phi) is 6.38. The molecule has 1 fully saturated rings. The Morgan fingerprint density at radius 3 is 2.62 bits per heavy atom. The fourth-order valence-corrected chi connectivity index (χ4v) is 5.06. The number of carbonyl (C=O) groups excluding carboxylic acids is 1. The molecule has 0 spiro atoms. The number of hydrogen-bond acceptors (Lipinski definition) is 4. The van der Waals surface area contributed by atoms with Crippen molar-refractivity contribution >= 4 is 31.9 Å². The van der Waals surface area contributed by atoms with Crippen LogP contribution >= 0.6 is 15.9 Å². The van der Waals surface area contributed by atoms with Crippen LogP contribution < -0.4 is 0 Å². The van der Waals surface area contributed by atoms with E-state index in [-0.39, 0.29) is 6.42 Å². The van der Waals surface area contributed by atoms with E-state index in [9.17, 15) is 17.6 Å². The van der Waals surface area contributed by atoms with Gasteiger partial charge in [-0.05, 0) is 67.6 Å². The van der Waals surface area contributed by atoms with Gasteiger partial charge in [-0.25, -0.2) is 17.6 Å². The molecule has 0 N–H and O–H groups in total. The van der Waals surface area contributed by atoms with Crippen LogP contribution in [0.4, 0.5) is 9.18 Å². The molecule has 1 aromatic rings. The number of halogens is 2. The second-order valence-electron chi connectivity index (χ2n) is 7.67. The summed E-state index contributed by atoms with van der Waals surface area (Å²) in [4.78, 5) is 14.1. The van der Waals surface area contributed by atoms with Crippen LogP contribution in [0.5, 0.6) is 0 Å². The maximum Gasteiger partial charge on any atom is 0.410 e. The Morgan fingerprint density at radius 1 is 1.38 bits per heavy atom. The highest BCUT2D eigenvalue weighted by Gasteiger charge is 2.41. The van der Waals surface area contributed by atoms with Gasteiger partial charge in [-0.1, -0.05) is 12.1 Å². The number of carbonyl (C=O) groups is 1. The predicted octanol–water partition coefficient (Wildman–Crippen LogP) is 3.94. The summed E-state index contributed by atoms with van der Waals surface area (Å²) in [5.74, 6) is -0.436. The molecule has 1 saturated heterocycles. The molecule has 0 bridgehead atoms. The molecule has 1 heterocycles. The predicted molar refractivity (Wildman–Crippen MR) is 102 cm³/mol. The Balaban J connectivity index is 2.39. The molecule has 2 rings (SSSR count). The molecule has 1 aliphatic rings. The van der Waals surface area contributed by atoms with Crippen molar-refractivity contribution in [1.29, 1.82) is 0 Å². The number of piperidine rings is 1. The number of hydrogen-bond donors (Lipinski definition) is 0. The van der Waals surface area contributed by atoms with Gasteiger partial charge in [-0.2, -0.15) is 0 Å². The molecule has 5 nitrogen and oxygen atoms in total. The molecule has 1 amide bonds. The summed E-state index contributed by atoms with van der Waals surface area (Å²) in [6.45, 7) is 5.66. The molecule has 0 saturated carbocycles. The topological polar surface area (TPSA) is 63.7 Å². The summed E-state index contributed by atoms with van der Waals surface area (Å²) >= 11 is 3.15. The molecule has 0 radical (unpaired) electrons. The Hall–Kier alpha value is -1.15. The average Bonchev–Trinajstić information content (AvgIpc) is 2.49. The van der Waals surface area contributed by atoms with Gasteiger partial charge in [0.05, 0.1) is 15.8 Å². The molecule has 2 atom stereocenters. The molecule has 0 aromatic heterocycles. The van der Waals surface area contributed by atoms with Crippen LogP contribution in [-0.4, -0.2) is 49.1 Å². The Labute approximate surface area is 162 Å². The highest BCUT2D eigenvalue weighted by atomic mass is 79.9. The van der Waals surface area contributed by atoms with Gasteiger partial charge in [0.1, 0.15) is 11.4 Å². The van der Waals surface area contributed by atoms with Crippen LogP contribution in [0.15, 0.2) is 22.7 Å². The minimum absolute atomic E-state index is 0.113. The fourth-order valence-electron chi connectivity index (χ4n) is 3.24. The molecular weight excluding hydrogens is 425 g/mol. The smallest absolute Gasteiger partial charge is 0.410 e. The first-order chi connectivity index (χ1) is 11.9. The monoisotopic (exact) mass is 449 g/mol. The number of likely N-dealkylation sites (tertiary alicyclic amines) is 1. The van der Waals surface area contributed by atoms with Gasteiger partial charge in [0, 0.05) is 12.8 Å². The molecule has 0 unspecified atom stereocenters. The minimum Gasteiger partial charge on any atom is -0.444 e. The van der Waals surface area contributed by atoms with Crippen molar-refractivity contribution in [3.8, 4) is 0 Å². The summed E-state index contributed by atoms with van der Waals surface area (Å²) in [5.41, 5.74) is -0.325. The third kappa shape index (κ3) is 5.19. The summed E-state index contributed by atoms with van der Waals surface area (Å²) in [7, 11) is -3.41. The number of nitrogens with zero attached hydrogens (tertiary/aromatic N) is 1. The van der Waals surface area contributed by atoms with E-state index >= 15 is 0 Å². The quantitative estimate of drug-likeness (QED) is 0.700. The number of ether oxygens (including phenoxy) is 1. The first-order valence-electron chi connectivity index (χ1n) is 8.51. The van der Waals surface area contributed by atoms with E-state index in [4.69, 9.17) is 4.74 Å². The van der Waals surface area contributed by atoms with Gasteiger partial charge in [0.25, 0.3) is 0 Å². The maximum absolute atomic E-state index is 14.4. The lowest BCUT2D eigenvalue weighted by Crippen LogP contribution is -2.55. The van der Waals surface area contributed by atoms with Crippen molar-refractivity contribution < 1.29 is 22.3 Å². The molecule has 1 aromatic carbocycles. The van der Waals surface area contributed by atoms with Crippen LogP contribution in [0.3, 0.4) is 0 Å². The third-order valence-corrected chi connectivity index (χ3v) is 6.62. The van der Waals surface area contributed by atoms with E-state index in [1.165, 1.54) is 11.2 Å². The van der Waals surface area contributed by atoms with Crippen LogP contribution in [0.2, 0.25) is 0 Å². The SMILES string of the molecule is CC(C)(C)OC(=O)N1CCC[C@H](S(C)(=O)=O)[C@@H]1Cc1cccc(Br)c1F. The van der Waals surface area contributed by atoms with Crippen molar-refractivity contribution in [3.63, 3.8) is 0 Å². The van der Waals surface area contributed by atoms with E-state index in [0.717, 1.165) is 0 Å². The average molecular weight is 450 g/mol. The summed E-state index contributed by atoms with van der Waals surface area (Å²) in [6, 6.07) is 4.22. The second kappa shape index (κ2) is 7.84. The standard InChI is InChI=1S/C18H25BrFNO4S/c1-18(2,3)25-17(22)21-10-6-9-15(26(4,23)24)14(21)11-12-7-5-8-13(19)16(12)20/h5,7-8,14-15H,6,9-11H2,1-4H3/t14-,15-/m0/s1. The van der Waals surface area contributed by atoms with E-state index in [0.29, 0.717) is 29.4 Å².